The van der Waals surface area contributed by atoms with Gasteiger partial charge in [-0.2, -0.15) is 0 Å². The normalized spacial score (nSPS) is 18.0. The number of ketones is 1. The van der Waals surface area contributed by atoms with Crippen molar-refractivity contribution in [3.05, 3.63) is 87.6 Å². The van der Waals surface area contributed by atoms with Crippen molar-refractivity contribution in [3.63, 3.8) is 0 Å². The van der Waals surface area contributed by atoms with Crippen molar-refractivity contribution >= 4 is 29.0 Å². The summed E-state index contributed by atoms with van der Waals surface area (Å²) in [4.78, 5) is 27.6. The summed E-state index contributed by atoms with van der Waals surface area (Å²) in [5, 5.41) is 11.6. The van der Waals surface area contributed by atoms with E-state index in [2.05, 4.69) is 0 Å². The van der Waals surface area contributed by atoms with E-state index >= 15 is 0 Å². The first kappa shape index (κ1) is 20.3. The third-order valence-corrected chi connectivity index (χ3v) is 5.83. The maximum absolute atomic E-state index is 14.3. The van der Waals surface area contributed by atoms with E-state index in [1.807, 2.05) is 0 Å². The Morgan fingerprint density at radius 3 is 2.60 bits per heavy atom. The first-order valence-electron chi connectivity index (χ1n) is 9.38. The number of para-hydroxylation sites is 1. The van der Waals surface area contributed by atoms with Crippen LogP contribution >= 0.6 is 11.6 Å². The van der Waals surface area contributed by atoms with Gasteiger partial charge in [-0.15, -0.1) is 0 Å². The standard InChI is InChI=1S/C23H19ClFNO4/c1-13-12-30-14(2)21(13)20(27)10-23(29)16-6-3-4-9-19(16)26(22(23)28)11-15-17(24)7-5-8-18(15)25/h3-9,12,29H,10-11H2,1-2H3/t23-/m1/s1. The number of Topliss-reactive ketones (excluding diaryl/α,β-unsaturated/α-hetero) is 1. The van der Waals surface area contributed by atoms with Crippen molar-refractivity contribution in [1.29, 1.82) is 0 Å². The van der Waals surface area contributed by atoms with Crippen LogP contribution in [0.15, 0.2) is 53.1 Å². The minimum Gasteiger partial charge on any atom is -0.469 e. The highest BCUT2D eigenvalue weighted by atomic mass is 35.5. The smallest absolute Gasteiger partial charge is 0.264 e. The molecular formula is C23H19ClFNO4. The summed E-state index contributed by atoms with van der Waals surface area (Å²) in [5.41, 5.74) is -0.229. The summed E-state index contributed by atoms with van der Waals surface area (Å²) in [6, 6.07) is 10.9. The number of fused-ring (bicyclic) bond motifs is 1. The van der Waals surface area contributed by atoms with Gasteiger partial charge in [0.2, 0.25) is 0 Å². The minimum atomic E-state index is -2.07. The lowest BCUT2D eigenvalue weighted by Gasteiger charge is -2.23. The Balaban J connectivity index is 1.73. The van der Waals surface area contributed by atoms with Crippen molar-refractivity contribution < 1.29 is 23.5 Å². The second-order valence-corrected chi connectivity index (χ2v) is 7.83. The Kier molecular flexibility index (Phi) is 5.00. The van der Waals surface area contributed by atoms with Crippen LogP contribution in [-0.2, 0) is 16.9 Å². The molecule has 30 heavy (non-hydrogen) atoms. The molecule has 1 aliphatic rings. The molecule has 0 bridgehead atoms. The molecule has 154 valence electrons. The number of aliphatic hydroxyl groups is 1. The van der Waals surface area contributed by atoms with Crippen molar-refractivity contribution in [1.82, 2.24) is 0 Å². The molecule has 5 nitrogen and oxygen atoms in total. The molecule has 0 aliphatic carbocycles. The van der Waals surface area contributed by atoms with Gasteiger partial charge in [0.1, 0.15) is 11.6 Å². The monoisotopic (exact) mass is 427 g/mol. The fourth-order valence-electron chi connectivity index (χ4n) is 3.99. The van der Waals surface area contributed by atoms with E-state index in [4.69, 9.17) is 16.0 Å². The van der Waals surface area contributed by atoms with Crippen LogP contribution in [0.4, 0.5) is 10.1 Å². The van der Waals surface area contributed by atoms with Crippen molar-refractivity contribution in [2.45, 2.75) is 32.4 Å². The third-order valence-electron chi connectivity index (χ3n) is 5.47. The lowest BCUT2D eigenvalue weighted by atomic mass is 9.87. The Labute approximate surface area is 177 Å². The molecule has 0 unspecified atom stereocenters. The Hall–Kier alpha value is -2.96. The van der Waals surface area contributed by atoms with Crippen LogP contribution in [0.2, 0.25) is 5.02 Å². The topological polar surface area (TPSA) is 70.7 Å². The average molecular weight is 428 g/mol. The first-order valence-corrected chi connectivity index (χ1v) is 9.76. The van der Waals surface area contributed by atoms with Gasteiger partial charge in [-0.3, -0.25) is 9.59 Å². The summed E-state index contributed by atoms with van der Waals surface area (Å²) in [5.74, 6) is -1.23. The molecule has 4 rings (SSSR count). The van der Waals surface area contributed by atoms with Crippen molar-refractivity contribution in [2.75, 3.05) is 4.90 Å². The number of rotatable bonds is 5. The number of hydrogen-bond acceptors (Lipinski definition) is 4. The van der Waals surface area contributed by atoms with E-state index in [9.17, 15) is 19.1 Å². The van der Waals surface area contributed by atoms with E-state index in [1.165, 1.54) is 29.4 Å². The van der Waals surface area contributed by atoms with Gasteiger partial charge in [-0.1, -0.05) is 35.9 Å². The molecule has 1 aromatic heterocycles. The van der Waals surface area contributed by atoms with Gasteiger partial charge >= 0.3 is 0 Å². The zero-order valence-corrected chi connectivity index (χ0v) is 17.2. The Bertz CT molecular complexity index is 1130. The maximum Gasteiger partial charge on any atom is 0.264 e. The first-order chi connectivity index (χ1) is 14.2. The summed E-state index contributed by atoms with van der Waals surface area (Å²) in [7, 11) is 0. The number of anilines is 1. The summed E-state index contributed by atoms with van der Waals surface area (Å²) >= 11 is 6.14. The number of furan rings is 1. The molecule has 1 aliphatic heterocycles. The zero-order chi connectivity index (χ0) is 21.6. The molecule has 0 saturated carbocycles. The van der Waals surface area contributed by atoms with Gasteiger partial charge in [0.25, 0.3) is 5.91 Å². The Morgan fingerprint density at radius 2 is 1.93 bits per heavy atom. The fraction of sp³-hybridized carbons (Fsp3) is 0.217. The number of aryl methyl sites for hydroxylation is 2. The molecule has 0 spiro atoms. The lowest BCUT2D eigenvalue weighted by Crippen LogP contribution is -2.41. The van der Waals surface area contributed by atoms with Gasteiger partial charge in [-0.05, 0) is 37.6 Å². The predicted octanol–water partition coefficient (Wildman–Crippen LogP) is 4.70. The van der Waals surface area contributed by atoms with Crippen LogP contribution in [0.1, 0.15) is 39.2 Å². The molecule has 2 heterocycles. The largest absolute Gasteiger partial charge is 0.469 e. The van der Waals surface area contributed by atoms with E-state index in [1.54, 1.807) is 38.1 Å². The van der Waals surface area contributed by atoms with Crippen LogP contribution in [0.3, 0.4) is 0 Å². The molecule has 0 saturated heterocycles. The highest BCUT2D eigenvalue weighted by molar-refractivity contribution is 6.31. The van der Waals surface area contributed by atoms with Crippen LogP contribution in [0.5, 0.6) is 0 Å². The number of benzene rings is 2. The third kappa shape index (κ3) is 3.13. The van der Waals surface area contributed by atoms with Gasteiger partial charge in [-0.25, -0.2) is 4.39 Å². The van der Waals surface area contributed by atoms with Crippen molar-refractivity contribution in [3.8, 4) is 0 Å². The number of carbonyl (C=O) groups is 2. The van der Waals surface area contributed by atoms with Crippen LogP contribution in [0, 0.1) is 19.7 Å². The number of hydrogen-bond donors (Lipinski definition) is 1. The van der Waals surface area contributed by atoms with Crippen LogP contribution in [-0.4, -0.2) is 16.8 Å². The second kappa shape index (κ2) is 7.38. The molecule has 0 fully saturated rings. The molecule has 1 amide bonds. The number of amides is 1. The highest BCUT2D eigenvalue weighted by Crippen LogP contribution is 2.44. The van der Waals surface area contributed by atoms with E-state index in [0.29, 0.717) is 28.1 Å². The minimum absolute atomic E-state index is 0.138. The number of carbonyl (C=O) groups excluding carboxylic acids is 2. The van der Waals surface area contributed by atoms with Gasteiger partial charge < -0.3 is 14.4 Å². The summed E-state index contributed by atoms with van der Waals surface area (Å²) in [6.07, 6.45) is 1.01. The van der Waals surface area contributed by atoms with Gasteiger partial charge in [0, 0.05) is 16.1 Å². The highest BCUT2D eigenvalue weighted by Gasteiger charge is 2.51. The van der Waals surface area contributed by atoms with Crippen LogP contribution < -0.4 is 4.90 Å². The maximum atomic E-state index is 14.3. The second-order valence-electron chi connectivity index (χ2n) is 7.42. The van der Waals surface area contributed by atoms with Crippen molar-refractivity contribution in [2.24, 2.45) is 0 Å². The quantitative estimate of drug-likeness (QED) is 0.599. The number of halogens is 2. The molecular weight excluding hydrogens is 409 g/mol. The molecule has 1 atom stereocenters. The van der Waals surface area contributed by atoms with E-state index < -0.39 is 29.5 Å². The fourth-order valence-corrected chi connectivity index (χ4v) is 4.21. The van der Waals surface area contributed by atoms with Gasteiger partial charge in [0.15, 0.2) is 11.4 Å². The molecule has 1 N–H and O–H groups in total. The molecule has 3 aromatic rings. The van der Waals surface area contributed by atoms with Crippen LogP contribution in [0.25, 0.3) is 0 Å². The SMILES string of the molecule is Cc1coc(C)c1C(=O)C[C@]1(O)C(=O)N(Cc2c(F)cccc2Cl)c2ccccc21. The van der Waals surface area contributed by atoms with E-state index in [0.717, 1.165) is 0 Å². The summed E-state index contributed by atoms with van der Waals surface area (Å²) < 4.78 is 19.6. The van der Waals surface area contributed by atoms with E-state index in [-0.39, 0.29) is 17.1 Å². The average Bonchev–Trinajstić information content (AvgIpc) is 3.14. The molecule has 7 heteroatoms. The zero-order valence-electron chi connectivity index (χ0n) is 16.4. The van der Waals surface area contributed by atoms with Gasteiger partial charge in [0.05, 0.1) is 30.5 Å². The Morgan fingerprint density at radius 1 is 1.20 bits per heavy atom. The number of nitrogens with zero attached hydrogens (tertiary/aromatic N) is 1. The molecule has 0 radical (unpaired) electrons. The summed E-state index contributed by atoms with van der Waals surface area (Å²) in [6.45, 7) is 3.22. The molecule has 2 aromatic carbocycles. The predicted molar refractivity (Wildman–Crippen MR) is 110 cm³/mol. The lowest BCUT2D eigenvalue weighted by molar-refractivity contribution is -0.136.